The molecule has 0 unspecified atom stereocenters. The van der Waals surface area contributed by atoms with Gasteiger partial charge in [-0.05, 0) is 25.5 Å². The van der Waals surface area contributed by atoms with E-state index in [1.165, 1.54) is 0 Å². The fourth-order valence-corrected chi connectivity index (χ4v) is 0.963. The monoisotopic (exact) mass is 197 g/mol. The first-order valence-corrected chi connectivity index (χ1v) is 4.39. The molecule has 0 aliphatic heterocycles. The molecule has 0 aromatic carbocycles. The predicted molar refractivity (Wildman–Crippen MR) is 53.0 cm³/mol. The highest BCUT2D eigenvalue weighted by atomic mass is 16.3. The Kier molecular flexibility index (Phi) is 3.38. The number of aryl methyl sites for hydroxylation is 1. The Morgan fingerprint density at radius 2 is 2.07 bits per heavy atom. The van der Waals surface area contributed by atoms with E-state index >= 15 is 0 Å². The lowest BCUT2D eigenvalue weighted by Gasteiger charge is -2.26. The van der Waals surface area contributed by atoms with Gasteiger partial charge in [0.25, 0.3) is 0 Å². The number of nitrogens with zero attached hydrogens (tertiary/aromatic N) is 2. The van der Waals surface area contributed by atoms with Crippen LogP contribution in [0.3, 0.4) is 0 Å². The SMILES string of the molecule is Cc1cnnc(NC(C)(CO)CO)c1. The maximum absolute atomic E-state index is 9.05. The molecule has 0 radical (unpaired) electrons. The zero-order valence-corrected chi connectivity index (χ0v) is 8.36. The molecule has 14 heavy (non-hydrogen) atoms. The van der Waals surface area contributed by atoms with Gasteiger partial charge in [0, 0.05) is 0 Å². The Hall–Kier alpha value is -1.20. The smallest absolute Gasteiger partial charge is 0.149 e. The maximum atomic E-state index is 9.05. The first-order chi connectivity index (χ1) is 6.59. The van der Waals surface area contributed by atoms with Gasteiger partial charge in [0.2, 0.25) is 0 Å². The number of aliphatic hydroxyl groups is 2. The lowest BCUT2D eigenvalue weighted by molar-refractivity contribution is 0.147. The van der Waals surface area contributed by atoms with Crippen molar-refractivity contribution >= 4 is 5.82 Å². The van der Waals surface area contributed by atoms with Crippen molar-refractivity contribution in [2.24, 2.45) is 0 Å². The molecule has 1 aromatic rings. The molecule has 0 bridgehead atoms. The molecule has 5 heteroatoms. The second kappa shape index (κ2) is 4.34. The molecule has 1 rings (SSSR count). The fraction of sp³-hybridized carbons (Fsp3) is 0.556. The summed E-state index contributed by atoms with van der Waals surface area (Å²) in [4.78, 5) is 0. The molecule has 0 aliphatic rings. The second-order valence-corrected chi connectivity index (χ2v) is 3.62. The van der Waals surface area contributed by atoms with Crippen LogP contribution in [0.5, 0.6) is 0 Å². The van der Waals surface area contributed by atoms with Gasteiger partial charge in [0.1, 0.15) is 5.82 Å². The molecule has 0 atom stereocenters. The minimum Gasteiger partial charge on any atom is -0.394 e. The van der Waals surface area contributed by atoms with Gasteiger partial charge in [-0.1, -0.05) is 0 Å². The van der Waals surface area contributed by atoms with Gasteiger partial charge in [-0.25, -0.2) is 0 Å². The van der Waals surface area contributed by atoms with Crippen molar-refractivity contribution < 1.29 is 10.2 Å². The van der Waals surface area contributed by atoms with Crippen LogP contribution < -0.4 is 5.32 Å². The Bertz CT molecular complexity index is 300. The summed E-state index contributed by atoms with van der Waals surface area (Å²) in [5.74, 6) is 0.551. The lowest BCUT2D eigenvalue weighted by atomic mass is 10.1. The molecule has 5 nitrogen and oxygen atoms in total. The number of aromatic nitrogens is 2. The topological polar surface area (TPSA) is 78.3 Å². The minimum absolute atomic E-state index is 0.168. The van der Waals surface area contributed by atoms with Crippen molar-refractivity contribution in [3.8, 4) is 0 Å². The van der Waals surface area contributed by atoms with Gasteiger partial charge in [-0.3, -0.25) is 0 Å². The Morgan fingerprint density at radius 1 is 1.43 bits per heavy atom. The number of hydrogen-bond acceptors (Lipinski definition) is 5. The summed E-state index contributed by atoms with van der Waals surface area (Å²) in [5, 5.41) is 28.6. The van der Waals surface area contributed by atoms with E-state index in [9.17, 15) is 0 Å². The number of hydrogen-bond donors (Lipinski definition) is 3. The first kappa shape index (κ1) is 10.9. The van der Waals surface area contributed by atoms with Crippen LogP contribution >= 0.6 is 0 Å². The van der Waals surface area contributed by atoms with Gasteiger partial charge >= 0.3 is 0 Å². The number of rotatable bonds is 4. The average Bonchev–Trinajstić information content (AvgIpc) is 2.18. The third-order valence-corrected chi connectivity index (χ3v) is 1.92. The van der Waals surface area contributed by atoms with E-state index in [0.717, 1.165) is 5.56 Å². The second-order valence-electron chi connectivity index (χ2n) is 3.62. The van der Waals surface area contributed by atoms with Crippen LogP contribution in [0.4, 0.5) is 5.82 Å². The van der Waals surface area contributed by atoms with Crippen molar-refractivity contribution in [2.45, 2.75) is 19.4 Å². The predicted octanol–water partition coefficient (Wildman–Crippen LogP) is -0.0598. The van der Waals surface area contributed by atoms with Gasteiger partial charge in [-0.15, -0.1) is 5.10 Å². The zero-order chi connectivity index (χ0) is 10.6. The molecular weight excluding hydrogens is 182 g/mol. The molecule has 0 amide bonds. The molecule has 0 fully saturated rings. The summed E-state index contributed by atoms with van der Waals surface area (Å²) < 4.78 is 0. The Labute approximate surface area is 82.8 Å². The van der Waals surface area contributed by atoms with Crippen LogP contribution in [0.2, 0.25) is 0 Å². The molecular formula is C9H15N3O2. The first-order valence-electron chi connectivity index (χ1n) is 4.39. The molecule has 0 saturated heterocycles. The van der Waals surface area contributed by atoms with E-state index in [-0.39, 0.29) is 13.2 Å². The van der Waals surface area contributed by atoms with Crippen molar-refractivity contribution in [3.63, 3.8) is 0 Å². The maximum Gasteiger partial charge on any atom is 0.149 e. The molecule has 1 aromatic heterocycles. The summed E-state index contributed by atoms with van der Waals surface area (Å²) in [6.07, 6.45) is 1.64. The molecule has 3 N–H and O–H groups in total. The summed E-state index contributed by atoms with van der Waals surface area (Å²) in [6.45, 7) is 3.27. The van der Waals surface area contributed by atoms with Crippen molar-refractivity contribution in [2.75, 3.05) is 18.5 Å². The zero-order valence-electron chi connectivity index (χ0n) is 8.36. The van der Waals surface area contributed by atoms with E-state index in [4.69, 9.17) is 10.2 Å². The van der Waals surface area contributed by atoms with Crippen molar-refractivity contribution in [1.29, 1.82) is 0 Å². The van der Waals surface area contributed by atoms with E-state index in [1.54, 1.807) is 19.2 Å². The van der Waals surface area contributed by atoms with Crippen molar-refractivity contribution in [1.82, 2.24) is 10.2 Å². The highest BCUT2D eigenvalue weighted by Crippen LogP contribution is 2.12. The van der Waals surface area contributed by atoms with Crippen LogP contribution in [0.1, 0.15) is 12.5 Å². The van der Waals surface area contributed by atoms with Gasteiger partial charge in [0.05, 0.1) is 24.9 Å². The highest BCUT2D eigenvalue weighted by molar-refractivity contribution is 5.38. The van der Waals surface area contributed by atoms with E-state index < -0.39 is 5.54 Å². The van der Waals surface area contributed by atoms with E-state index in [0.29, 0.717) is 5.82 Å². The summed E-state index contributed by atoms with van der Waals surface area (Å²) in [7, 11) is 0. The fourth-order valence-electron chi connectivity index (χ4n) is 0.963. The summed E-state index contributed by atoms with van der Waals surface area (Å²) in [6, 6.07) is 1.80. The molecule has 78 valence electrons. The Balaban J connectivity index is 2.77. The third-order valence-electron chi connectivity index (χ3n) is 1.92. The Morgan fingerprint density at radius 3 is 2.57 bits per heavy atom. The van der Waals surface area contributed by atoms with E-state index in [1.807, 2.05) is 6.92 Å². The number of aliphatic hydroxyl groups excluding tert-OH is 2. The molecule has 0 spiro atoms. The number of anilines is 1. The van der Waals surface area contributed by atoms with E-state index in [2.05, 4.69) is 15.5 Å². The summed E-state index contributed by atoms with van der Waals surface area (Å²) >= 11 is 0. The van der Waals surface area contributed by atoms with Crippen LogP contribution in [0.15, 0.2) is 12.3 Å². The minimum atomic E-state index is -0.761. The average molecular weight is 197 g/mol. The van der Waals surface area contributed by atoms with Crippen LogP contribution in [-0.4, -0.2) is 39.2 Å². The quantitative estimate of drug-likeness (QED) is 0.630. The normalized spacial score (nSPS) is 11.4. The van der Waals surface area contributed by atoms with Gasteiger partial charge in [0.15, 0.2) is 0 Å². The molecule has 0 saturated carbocycles. The van der Waals surface area contributed by atoms with Gasteiger partial charge in [-0.2, -0.15) is 5.10 Å². The van der Waals surface area contributed by atoms with Crippen LogP contribution in [0.25, 0.3) is 0 Å². The van der Waals surface area contributed by atoms with Crippen molar-refractivity contribution in [3.05, 3.63) is 17.8 Å². The standard InChI is InChI=1S/C9H15N3O2/c1-7-3-8(12-10-4-7)11-9(2,5-13)6-14/h3-4,13-14H,5-6H2,1-2H3,(H,11,12). The molecule has 1 heterocycles. The largest absolute Gasteiger partial charge is 0.394 e. The van der Waals surface area contributed by atoms with Crippen LogP contribution in [-0.2, 0) is 0 Å². The highest BCUT2D eigenvalue weighted by Gasteiger charge is 2.22. The lowest BCUT2D eigenvalue weighted by Crippen LogP contribution is -2.42. The third kappa shape index (κ3) is 2.65. The van der Waals surface area contributed by atoms with Gasteiger partial charge < -0.3 is 15.5 Å². The van der Waals surface area contributed by atoms with Crippen LogP contribution in [0, 0.1) is 6.92 Å². The number of nitrogens with one attached hydrogen (secondary N) is 1. The summed E-state index contributed by atoms with van der Waals surface area (Å²) in [5.41, 5.74) is 0.211. The molecule has 0 aliphatic carbocycles.